The van der Waals surface area contributed by atoms with Gasteiger partial charge in [-0.1, -0.05) is 0 Å². The fourth-order valence-electron chi connectivity index (χ4n) is 1.16. The topological polar surface area (TPSA) is 55.2 Å². The van der Waals surface area contributed by atoms with Crippen molar-refractivity contribution in [2.45, 2.75) is 18.9 Å². The van der Waals surface area contributed by atoms with E-state index in [1.165, 1.54) is 23.0 Å². The first-order chi connectivity index (χ1) is 6.12. The summed E-state index contributed by atoms with van der Waals surface area (Å²) in [5.41, 5.74) is 0. The van der Waals surface area contributed by atoms with Crippen LogP contribution in [0.4, 0.5) is 0 Å². The van der Waals surface area contributed by atoms with Gasteiger partial charge < -0.3 is 0 Å². The molecule has 1 aliphatic carbocycles. The molecule has 0 bridgehead atoms. The molecule has 1 aromatic rings. The van der Waals surface area contributed by atoms with Crippen molar-refractivity contribution >= 4 is 10.2 Å². The van der Waals surface area contributed by atoms with E-state index in [0.717, 1.165) is 16.8 Å². The predicted octanol–water partition coefficient (Wildman–Crippen LogP) is 0.0702. The molecule has 0 saturated heterocycles. The van der Waals surface area contributed by atoms with Crippen LogP contribution >= 0.6 is 0 Å². The van der Waals surface area contributed by atoms with Crippen LogP contribution in [-0.4, -0.2) is 34.8 Å². The molecule has 2 rings (SSSR count). The molecule has 5 nitrogen and oxygen atoms in total. The van der Waals surface area contributed by atoms with Gasteiger partial charge in [0, 0.05) is 25.5 Å². The van der Waals surface area contributed by atoms with Crippen molar-refractivity contribution in [3.05, 3.63) is 18.7 Å². The molecule has 0 atom stereocenters. The Morgan fingerprint density at radius 2 is 2.23 bits per heavy atom. The van der Waals surface area contributed by atoms with Crippen molar-refractivity contribution in [3.63, 3.8) is 0 Å². The third-order valence-corrected chi connectivity index (χ3v) is 3.95. The highest BCUT2D eigenvalue weighted by Crippen LogP contribution is 2.27. The van der Waals surface area contributed by atoms with Gasteiger partial charge in [0.15, 0.2) is 0 Å². The second kappa shape index (κ2) is 2.81. The first-order valence-corrected chi connectivity index (χ1v) is 5.48. The summed E-state index contributed by atoms with van der Waals surface area (Å²) in [5.74, 6) is 0. The third-order valence-electron chi connectivity index (χ3n) is 2.17. The number of hydrogen-bond donors (Lipinski definition) is 0. The Balaban J connectivity index is 2.30. The van der Waals surface area contributed by atoms with E-state index < -0.39 is 10.2 Å². The lowest BCUT2D eigenvalue weighted by Crippen LogP contribution is -2.33. The van der Waals surface area contributed by atoms with Crippen LogP contribution in [0.15, 0.2) is 18.7 Å². The molecule has 0 radical (unpaired) electrons. The van der Waals surface area contributed by atoms with Crippen molar-refractivity contribution in [2.75, 3.05) is 7.05 Å². The second-order valence-corrected chi connectivity index (χ2v) is 5.04. The standard InChI is InChI=1S/C7H11N3O2S/c1-9(7-2-3-7)13(11,12)10-5-4-8-6-10/h4-7H,2-3H2,1H3. The van der Waals surface area contributed by atoms with Gasteiger partial charge in [0.1, 0.15) is 6.33 Å². The minimum absolute atomic E-state index is 0.187. The zero-order valence-corrected chi connectivity index (χ0v) is 8.11. The van der Waals surface area contributed by atoms with E-state index in [9.17, 15) is 8.42 Å². The second-order valence-electron chi connectivity index (χ2n) is 3.15. The van der Waals surface area contributed by atoms with Gasteiger partial charge in [-0.15, -0.1) is 0 Å². The number of nitrogens with zero attached hydrogens (tertiary/aromatic N) is 3. The van der Waals surface area contributed by atoms with E-state index in [1.54, 1.807) is 7.05 Å². The molecule has 0 amide bonds. The SMILES string of the molecule is CN(C1CC1)S(=O)(=O)n1ccnc1. The zero-order valence-electron chi connectivity index (χ0n) is 7.29. The van der Waals surface area contributed by atoms with Crippen molar-refractivity contribution < 1.29 is 8.42 Å². The molecule has 0 spiro atoms. The molecule has 13 heavy (non-hydrogen) atoms. The van der Waals surface area contributed by atoms with Crippen molar-refractivity contribution in [3.8, 4) is 0 Å². The summed E-state index contributed by atoms with van der Waals surface area (Å²) in [5, 5.41) is 0. The molecule has 0 N–H and O–H groups in total. The highest BCUT2D eigenvalue weighted by molar-refractivity contribution is 7.87. The summed E-state index contributed by atoms with van der Waals surface area (Å²) in [6.45, 7) is 0. The van der Waals surface area contributed by atoms with Crippen LogP contribution < -0.4 is 0 Å². The van der Waals surface area contributed by atoms with Crippen LogP contribution in [0.5, 0.6) is 0 Å². The van der Waals surface area contributed by atoms with Crippen LogP contribution in [0.3, 0.4) is 0 Å². The quantitative estimate of drug-likeness (QED) is 0.695. The first-order valence-electron chi connectivity index (χ1n) is 4.09. The average Bonchev–Trinajstić information content (AvgIpc) is 2.78. The Labute approximate surface area is 77.2 Å². The molecule has 0 aliphatic heterocycles. The van der Waals surface area contributed by atoms with Gasteiger partial charge in [-0.3, -0.25) is 0 Å². The van der Waals surface area contributed by atoms with E-state index in [4.69, 9.17) is 0 Å². The molecule has 1 saturated carbocycles. The summed E-state index contributed by atoms with van der Waals surface area (Å²) in [6.07, 6.45) is 6.12. The van der Waals surface area contributed by atoms with Crippen LogP contribution in [0.25, 0.3) is 0 Å². The molecule has 72 valence electrons. The Hall–Kier alpha value is -0.880. The molecule has 1 aliphatic rings. The molecular weight excluding hydrogens is 190 g/mol. The molecule has 0 unspecified atom stereocenters. The molecule has 6 heteroatoms. The summed E-state index contributed by atoms with van der Waals surface area (Å²) in [6, 6.07) is 0.187. The van der Waals surface area contributed by atoms with Gasteiger partial charge >= 0.3 is 10.2 Å². The third kappa shape index (κ3) is 1.47. The lowest BCUT2D eigenvalue weighted by atomic mass is 10.7. The maximum absolute atomic E-state index is 11.7. The van der Waals surface area contributed by atoms with Gasteiger partial charge in [0.05, 0.1) is 0 Å². The predicted molar refractivity (Wildman–Crippen MR) is 47.3 cm³/mol. The van der Waals surface area contributed by atoms with Crippen molar-refractivity contribution in [1.29, 1.82) is 0 Å². The zero-order chi connectivity index (χ0) is 9.47. The maximum Gasteiger partial charge on any atom is 0.308 e. The van der Waals surface area contributed by atoms with Crippen LogP contribution in [-0.2, 0) is 10.2 Å². The minimum atomic E-state index is -3.34. The Bertz CT molecular complexity index is 380. The van der Waals surface area contributed by atoms with Crippen LogP contribution in [0.1, 0.15) is 12.8 Å². The minimum Gasteiger partial charge on any atom is -0.244 e. The summed E-state index contributed by atoms with van der Waals surface area (Å²) >= 11 is 0. The number of hydrogen-bond acceptors (Lipinski definition) is 3. The largest absolute Gasteiger partial charge is 0.308 e. The molecule has 0 aromatic carbocycles. The normalized spacial score (nSPS) is 18.0. The van der Waals surface area contributed by atoms with E-state index in [0.29, 0.717) is 0 Å². The molecule has 1 aromatic heterocycles. The number of aromatic nitrogens is 2. The van der Waals surface area contributed by atoms with Gasteiger partial charge in [0.2, 0.25) is 0 Å². The van der Waals surface area contributed by atoms with Crippen LogP contribution in [0, 0.1) is 0 Å². The Morgan fingerprint density at radius 3 is 2.69 bits per heavy atom. The molecule has 1 heterocycles. The Morgan fingerprint density at radius 1 is 1.54 bits per heavy atom. The maximum atomic E-state index is 11.7. The average molecular weight is 201 g/mol. The fraction of sp³-hybridized carbons (Fsp3) is 0.571. The highest BCUT2D eigenvalue weighted by atomic mass is 32.2. The van der Waals surface area contributed by atoms with E-state index >= 15 is 0 Å². The van der Waals surface area contributed by atoms with E-state index in [-0.39, 0.29) is 6.04 Å². The lowest BCUT2D eigenvalue weighted by Gasteiger charge is -2.15. The smallest absolute Gasteiger partial charge is 0.244 e. The van der Waals surface area contributed by atoms with E-state index in [1.807, 2.05) is 0 Å². The van der Waals surface area contributed by atoms with Crippen LogP contribution in [0.2, 0.25) is 0 Å². The van der Waals surface area contributed by atoms with Gasteiger partial charge in [0.25, 0.3) is 0 Å². The Kier molecular flexibility index (Phi) is 1.88. The number of rotatable bonds is 3. The van der Waals surface area contributed by atoms with Gasteiger partial charge in [-0.05, 0) is 12.8 Å². The monoisotopic (exact) mass is 201 g/mol. The van der Waals surface area contributed by atoms with Gasteiger partial charge in [-0.25, -0.2) is 8.96 Å². The fourth-order valence-corrected chi connectivity index (χ4v) is 2.43. The summed E-state index contributed by atoms with van der Waals surface area (Å²) < 4.78 is 26.0. The summed E-state index contributed by atoms with van der Waals surface area (Å²) in [4.78, 5) is 3.71. The van der Waals surface area contributed by atoms with Crippen molar-refractivity contribution in [2.24, 2.45) is 0 Å². The van der Waals surface area contributed by atoms with Crippen molar-refractivity contribution in [1.82, 2.24) is 13.3 Å². The van der Waals surface area contributed by atoms with Gasteiger partial charge in [-0.2, -0.15) is 12.7 Å². The number of imidazole rings is 1. The summed E-state index contributed by atoms with van der Waals surface area (Å²) in [7, 11) is -1.74. The first kappa shape index (κ1) is 8.71. The van der Waals surface area contributed by atoms with E-state index in [2.05, 4.69) is 4.98 Å². The highest BCUT2D eigenvalue weighted by Gasteiger charge is 2.34. The lowest BCUT2D eigenvalue weighted by molar-refractivity contribution is 0.456. The molecular formula is C7H11N3O2S. The molecule has 1 fully saturated rings.